The Balaban J connectivity index is 4.32. The van der Waals surface area contributed by atoms with Crippen LogP contribution in [0.3, 0.4) is 0 Å². The molecule has 0 amide bonds. The van der Waals surface area contributed by atoms with Crippen LogP contribution in [0.1, 0.15) is 142 Å². The van der Waals surface area contributed by atoms with Crippen LogP contribution in [-0.2, 0) is 32.7 Å². The van der Waals surface area contributed by atoms with Crippen LogP contribution in [-0.4, -0.2) is 65.7 Å². The lowest BCUT2D eigenvalue weighted by Gasteiger charge is -2.20. The van der Waals surface area contributed by atoms with Crippen LogP contribution in [0.25, 0.3) is 0 Å². The maximum absolute atomic E-state index is 12.4. The number of allylic oxidation sites excluding steroid dienone is 2. The minimum atomic E-state index is -4.59. The van der Waals surface area contributed by atoms with Crippen LogP contribution in [0.4, 0.5) is 0 Å². The Hall–Kier alpha value is -1.29. The molecule has 10 nitrogen and oxygen atoms in total. The summed E-state index contributed by atoms with van der Waals surface area (Å²) in [7, 11) is -4.59. The molecule has 0 aliphatic heterocycles. The predicted molar refractivity (Wildman–Crippen MR) is 168 cm³/mol. The molecule has 0 aliphatic rings. The molecule has 1 unspecified atom stereocenters. The number of rotatable bonds is 31. The molecule has 3 N–H and O–H groups in total. The minimum Gasteiger partial charge on any atom is -0.462 e. The van der Waals surface area contributed by atoms with Gasteiger partial charge in [-0.15, -0.1) is 0 Å². The Morgan fingerprint density at radius 1 is 0.674 bits per heavy atom. The summed E-state index contributed by atoms with van der Waals surface area (Å²) < 4.78 is 32.3. The number of aliphatic hydroxyl groups excluding tert-OH is 2. The molecular formula is C32H61O10P. The van der Waals surface area contributed by atoms with Gasteiger partial charge in [-0.3, -0.25) is 18.6 Å². The second-order valence-corrected chi connectivity index (χ2v) is 12.6. The van der Waals surface area contributed by atoms with Gasteiger partial charge in [0, 0.05) is 12.8 Å². The number of esters is 2. The van der Waals surface area contributed by atoms with E-state index in [0.717, 1.165) is 51.4 Å². The van der Waals surface area contributed by atoms with Crippen molar-refractivity contribution >= 4 is 19.8 Å². The van der Waals surface area contributed by atoms with Crippen LogP contribution in [0.2, 0.25) is 0 Å². The van der Waals surface area contributed by atoms with Crippen molar-refractivity contribution in [1.82, 2.24) is 0 Å². The minimum absolute atomic E-state index is 0.181. The van der Waals surface area contributed by atoms with Gasteiger partial charge in [-0.1, -0.05) is 103 Å². The molecule has 0 saturated carbocycles. The maximum atomic E-state index is 12.4. The van der Waals surface area contributed by atoms with Gasteiger partial charge < -0.3 is 24.6 Å². The average Bonchev–Trinajstić information content (AvgIpc) is 2.99. The van der Waals surface area contributed by atoms with Crippen molar-refractivity contribution in [3.05, 3.63) is 12.2 Å². The number of hydrogen-bond donors (Lipinski definition) is 3. The smallest absolute Gasteiger partial charge is 0.462 e. The van der Waals surface area contributed by atoms with Gasteiger partial charge in [0.1, 0.15) is 12.7 Å². The molecule has 254 valence electrons. The summed E-state index contributed by atoms with van der Waals surface area (Å²) in [6.07, 6.45) is 22.3. The van der Waals surface area contributed by atoms with E-state index in [-0.39, 0.29) is 19.4 Å². The van der Waals surface area contributed by atoms with Gasteiger partial charge in [0.2, 0.25) is 0 Å². The summed E-state index contributed by atoms with van der Waals surface area (Å²) in [5.41, 5.74) is 0. The molecule has 0 rings (SSSR count). The number of ether oxygens (including phenoxy) is 2. The van der Waals surface area contributed by atoms with E-state index in [9.17, 15) is 24.2 Å². The number of hydrogen-bond acceptors (Lipinski definition) is 9. The number of phosphoric acid groups is 1. The highest BCUT2D eigenvalue weighted by atomic mass is 31.2. The van der Waals surface area contributed by atoms with Crippen molar-refractivity contribution in [1.29, 1.82) is 0 Å². The van der Waals surface area contributed by atoms with Gasteiger partial charge in [-0.2, -0.15) is 0 Å². The van der Waals surface area contributed by atoms with Gasteiger partial charge in [-0.25, -0.2) is 4.57 Å². The zero-order chi connectivity index (χ0) is 32.0. The number of unbranched alkanes of at least 4 members (excludes halogenated alkanes) is 15. The van der Waals surface area contributed by atoms with Crippen LogP contribution in [0.15, 0.2) is 12.2 Å². The van der Waals surface area contributed by atoms with Crippen molar-refractivity contribution in [3.8, 4) is 0 Å². The monoisotopic (exact) mass is 636 g/mol. The lowest BCUT2D eigenvalue weighted by Crippen LogP contribution is -2.29. The van der Waals surface area contributed by atoms with E-state index >= 15 is 0 Å². The fraction of sp³-hybridized carbons (Fsp3) is 0.875. The summed E-state index contributed by atoms with van der Waals surface area (Å²) in [4.78, 5) is 34.4. The molecule has 0 saturated heterocycles. The predicted octanol–water partition coefficient (Wildman–Crippen LogP) is 7.33. The Labute approximate surface area is 260 Å². The molecule has 0 fully saturated rings. The molecule has 0 radical (unpaired) electrons. The van der Waals surface area contributed by atoms with Crippen molar-refractivity contribution in [2.75, 3.05) is 26.4 Å². The fourth-order valence-electron chi connectivity index (χ4n) is 4.28. The van der Waals surface area contributed by atoms with Crippen molar-refractivity contribution in [3.63, 3.8) is 0 Å². The SMILES string of the molecule is CCCCCC/C=C\CCCCCCCCCC(=O)O[C@H](COC(=O)CCCCCCC)COP(=O)(O)OC[C@@H](O)CO. The molecule has 0 aromatic carbocycles. The normalized spacial score (nSPS) is 14.4. The average molecular weight is 637 g/mol. The van der Waals surface area contributed by atoms with Crippen LogP contribution in [0.5, 0.6) is 0 Å². The summed E-state index contributed by atoms with van der Waals surface area (Å²) in [6, 6.07) is 0. The number of carbonyl (C=O) groups excluding carboxylic acids is 2. The number of aliphatic hydroxyl groups is 2. The Kier molecular flexibility index (Phi) is 28.5. The lowest BCUT2D eigenvalue weighted by molar-refractivity contribution is -0.161. The summed E-state index contributed by atoms with van der Waals surface area (Å²) >= 11 is 0. The summed E-state index contributed by atoms with van der Waals surface area (Å²) in [5, 5.41) is 18.1. The zero-order valence-electron chi connectivity index (χ0n) is 26.9. The molecule has 0 spiro atoms. The Morgan fingerprint density at radius 3 is 1.70 bits per heavy atom. The molecule has 0 bridgehead atoms. The van der Waals surface area contributed by atoms with Crippen LogP contribution >= 0.6 is 7.82 Å². The lowest BCUT2D eigenvalue weighted by atomic mass is 10.1. The van der Waals surface area contributed by atoms with E-state index in [0.29, 0.717) is 12.8 Å². The fourth-order valence-corrected chi connectivity index (χ4v) is 5.07. The molecule has 0 aromatic rings. The zero-order valence-corrected chi connectivity index (χ0v) is 27.8. The van der Waals surface area contributed by atoms with E-state index < -0.39 is 51.8 Å². The quantitative estimate of drug-likeness (QED) is 0.0306. The summed E-state index contributed by atoms with van der Waals surface area (Å²) in [5.74, 6) is -0.944. The highest BCUT2D eigenvalue weighted by Gasteiger charge is 2.27. The first-order chi connectivity index (χ1) is 20.7. The first-order valence-electron chi connectivity index (χ1n) is 16.6. The second-order valence-electron chi connectivity index (χ2n) is 11.2. The van der Waals surface area contributed by atoms with E-state index in [1.165, 1.54) is 51.4 Å². The highest BCUT2D eigenvalue weighted by Crippen LogP contribution is 2.43. The molecule has 0 aliphatic carbocycles. The molecule has 3 atom stereocenters. The van der Waals surface area contributed by atoms with Gasteiger partial charge >= 0.3 is 19.8 Å². The van der Waals surface area contributed by atoms with Crippen molar-refractivity contribution in [2.45, 2.75) is 154 Å². The van der Waals surface area contributed by atoms with Gasteiger partial charge in [0.25, 0.3) is 0 Å². The molecule has 11 heteroatoms. The van der Waals surface area contributed by atoms with E-state index in [1.807, 2.05) is 0 Å². The molecule has 0 heterocycles. The van der Waals surface area contributed by atoms with E-state index in [4.69, 9.17) is 19.1 Å². The largest absolute Gasteiger partial charge is 0.472 e. The first-order valence-corrected chi connectivity index (χ1v) is 18.1. The molecule has 43 heavy (non-hydrogen) atoms. The van der Waals surface area contributed by atoms with Gasteiger partial charge in [0.15, 0.2) is 6.10 Å². The highest BCUT2D eigenvalue weighted by molar-refractivity contribution is 7.47. The third-order valence-electron chi connectivity index (χ3n) is 6.92. The van der Waals surface area contributed by atoms with E-state index in [1.54, 1.807) is 0 Å². The maximum Gasteiger partial charge on any atom is 0.472 e. The second kappa shape index (κ2) is 29.4. The molecule has 0 aromatic heterocycles. The standard InChI is InChI=1S/C32H61O10P/c1-3-5-7-9-10-11-12-13-14-15-16-17-18-20-22-24-32(36)42-30(27-39-31(35)23-21-19-8-6-4-2)28-41-43(37,38)40-26-29(34)25-33/h11-12,29-30,33-34H,3-10,13-28H2,1-2H3,(H,37,38)/b12-11-/t29-,30+/m0/s1. The number of carbonyl (C=O) groups is 2. The Morgan fingerprint density at radius 2 is 1.14 bits per heavy atom. The van der Waals surface area contributed by atoms with Crippen molar-refractivity contribution < 1.29 is 47.8 Å². The number of phosphoric ester groups is 1. The first kappa shape index (κ1) is 41.7. The van der Waals surface area contributed by atoms with Gasteiger partial charge in [-0.05, 0) is 38.5 Å². The van der Waals surface area contributed by atoms with Crippen LogP contribution in [0, 0.1) is 0 Å². The van der Waals surface area contributed by atoms with E-state index in [2.05, 4.69) is 30.5 Å². The molecular weight excluding hydrogens is 575 g/mol. The van der Waals surface area contributed by atoms with Crippen LogP contribution < -0.4 is 0 Å². The Bertz CT molecular complexity index is 746. The third kappa shape index (κ3) is 29.2. The topological polar surface area (TPSA) is 149 Å². The third-order valence-corrected chi connectivity index (χ3v) is 7.87. The van der Waals surface area contributed by atoms with Gasteiger partial charge in [0.05, 0.1) is 19.8 Å². The van der Waals surface area contributed by atoms with Crippen molar-refractivity contribution in [2.24, 2.45) is 0 Å². The summed E-state index contributed by atoms with van der Waals surface area (Å²) in [6.45, 7) is 2.23.